The third-order valence-corrected chi connectivity index (χ3v) is 6.70. The molecule has 0 amide bonds. The molecule has 1 aromatic carbocycles. The Bertz CT molecular complexity index is 669. The van der Waals surface area contributed by atoms with Gasteiger partial charge in [0.1, 0.15) is 0 Å². The van der Waals surface area contributed by atoms with Crippen molar-refractivity contribution in [3.05, 3.63) is 35.9 Å². The summed E-state index contributed by atoms with van der Waals surface area (Å²) in [6.07, 6.45) is 7.04. The van der Waals surface area contributed by atoms with Crippen LogP contribution in [-0.4, -0.2) is 64.8 Å². The standard InChI is InChI=1S/C21H36N4O2S/c1-22-21(23-13-9-17-25-15-7-2-3-8-16-25)24-14-10-18-28(26,27)19-20-11-5-4-6-12-20/h4-6,11-12H,2-3,7-10,13-19H2,1H3,(H2,22,23,24). The second-order valence-corrected chi connectivity index (χ2v) is 9.65. The minimum Gasteiger partial charge on any atom is -0.356 e. The largest absolute Gasteiger partial charge is 0.356 e. The van der Waals surface area contributed by atoms with E-state index in [1.54, 1.807) is 7.05 Å². The van der Waals surface area contributed by atoms with Gasteiger partial charge in [-0.05, 0) is 50.9 Å². The molecule has 2 rings (SSSR count). The van der Waals surface area contributed by atoms with Crippen molar-refractivity contribution in [3.63, 3.8) is 0 Å². The van der Waals surface area contributed by atoms with Gasteiger partial charge in [-0.1, -0.05) is 43.2 Å². The number of benzene rings is 1. The van der Waals surface area contributed by atoms with Crippen LogP contribution in [0.5, 0.6) is 0 Å². The first-order chi connectivity index (χ1) is 13.6. The van der Waals surface area contributed by atoms with Crippen LogP contribution in [0.25, 0.3) is 0 Å². The number of rotatable bonds is 10. The van der Waals surface area contributed by atoms with Crippen molar-refractivity contribution >= 4 is 15.8 Å². The molecule has 2 N–H and O–H groups in total. The van der Waals surface area contributed by atoms with Crippen LogP contribution in [-0.2, 0) is 15.6 Å². The molecule has 0 aliphatic carbocycles. The Labute approximate surface area is 170 Å². The van der Waals surface area contributed by atoms with Crippen molar-refractivity contribution in [3.8, 4) is 0 Å². The number of hydrogen-bond donors (Lipinski definition) is 2. The smallest absolute Gasteiger partial charge is 0.190 e. The fraction of sp³-hybridized carbons (Fsp3) is 0.667. The van der Waals surface area contributed by atoms with Crippen molar-refractivity contribution in [2.45, 2.75) is 44.3 Å². The van der Waals surface area contributed by atoms with Crippen LogP contribution in [0.1, 0.15) is 44.1 Å². The Morgan fingerprint density at radius 2 is 1.64 bits per heavy atom. The average Bonchev–Trinajstić information content (AvgIpc) is 2.96. The van der Waals surface area contributed by atoms with Crippen molar-refractivity contribution in [2.75, 3.05) is 45.5 Å². The number of nitrogens with zero attached hydrogens (tertiary/aromatic N) is 2. The molecular formula is C21H36N4O2S. The second-order valence-electron chi connectivity index (χ2n) is 7.47. The third-order valence-electron chi connectivity index (χ3n) is 5.02. The van der Waals surface area contributed by atoms with E-state index < -0.39 is 9.84 Å². The van der Waals surface area contributed by atoms with Crippen LogP contribution in [0.4, 0.5) is 0 Å². The van der Waals surface area contributed by atoms with Gasteiger partial charge in [-0.2, -0.15) is 0 Å². The summed E-state index contributed by atoms with van der Waals surface area (Å²) in [4.78, 5) is 6.78. The van der Waals surface area contributed by atoms with Gasteiger partial charge in [-0.25, -0.2) is 8.42 Å². The summed E-state index contributed by atoms with van der Waals surface area (Å²) in [5.41, 5.74) is 0.845. The summed E-state index contributed by atoms with van der Waals surface area (Å²) in [5.74, 6) is 1.04. The SMILES string of the molecule is CN=C(NCCCN1CCCCCC1)NCCCS(=O)(=O)Cc1ccccc1. The fourth-order valence-electron chi connectivity index (χ4n) is 3.49. The zero-order chi connectivity index (χ0) is 20.1. The Hall–Kier alpha value is -1.60. The summed E-state index contributed by atoms with van der Waals surface area (Å²) in [7, 11) is -1.34. The minimum absolute atomic E-state index is 0.108. The van der Waals surface area contributed by atoms with E-state index in [1.807, 2.05) is 30.3 Å². The van der Waals surface area contributed by atoms with E-state index in [2.05, 4.69) is 20.5 Å². The fourth-order valence-corrected chi connectivity index (χ4v) is 4.92. The molecule has 0 unspecified atom stereocenters. The molecule has 1 heterocycles. The molecule has 0 bridgehead atoms. The van der Waals surface area contributed by atoms with Gasteiger partial charge in [0.15, 0.2) is 15.8 Å². The van der Waals surface area contributed by atoms with Gasteiger partial charge in [0.25, 0.3) is 0 Å². The Morgan fingerprint density at radius 3 is 2.29 bits per heavy atom. The number of nitrogens with one attached hydrogen (secondary N) is 2. The quantitative estimate of drug-likeness (QED) is 0.353. The van der Waals surface area contributed by atoms with E-state index in [4.69, 9.17) is 0 Å². The monoisotopic (exact) mass is 408 g/mol. The Morgan fingerprint density at radius 1 is 1.00 bits per heavy atom. The van der Waals surface area contributed by atoms with Crippen LogP contribution < -0.4 is 10.6 Å². The molecule has 0 aromatic heterocycles. The number of guanidine groups is 1. The lowest BCUT2D eigenvalue weighted by atomic mass is 10.2. The third kappa shape index (κ3) is 9.55. The lowest BCUT2D eigenvalue weighted by Crippen LogP contribution is -2.39. The number of likely N-dealkylation sites (tertiary alicyclic amines) is 1. The first-order valence-electron chi connectivity index (χ1n) is 10.5. The highest BCUT2D eigenvalue weighted by atomic mass is 32.2. The lowest BCUT2D eigenvalue weighted by molar-refractivity contribution is 0.282. The van der Waals surface area contributed by atoms with E-state index in [0.29, 0.717) is 13.0 Å². The molecule has 0 atom stereocenters. The predicted molar refractivity (Wildman–Crippen MR) is 117 cm³/mol. The molecule has 0 saturated carbocycles. The van der Waals surface area contributed by atoms with Crippen LogP contribution in [0.2, 0.25) is 0 Å². The number of aliphatic imine (C=N–C) groups is 1. The zero-order valence-electron chi connectivity index (χ0n) is 17.2. The van der Waals surface area contributed by atoms with Crippen molar-refractivity contribution in [2.24, 2.45) is 4.99 Å². The lowest BCUT2D eigenvalue weighted by Gasteiger charge is -2.20. The Kier molecular flexibility index (Phi) is 10.4. The topological polar surface area (TPSA) is 73.8 Å². The molecule has 7 heteroatoms. The maximum atomic E-state index is 12.2. The first kappa shape index (κ1) is 22.7. The van der Waals surface area contributed by atoms with Gasteiger partial charge < -0.3 is 15.5 Å². The Balaban J connectivity index is 1.57. The molecule has 6 nitrogen and oxygen atoms in total. The van der Waals surface area contributed by atoms with Gasteiger partial charge in [0.05, 0.1) is 11.5 Å². The minimum atomic E-state index is -3.08. The molecular weight excluding hydrogens is 372 g/mol. The average molecular weight is 409 g/mol. The van der Waals surface area contributed by atoms with E-state index in [-0.39, 0.29) is 11.5 Å². The van der Waals surface area contributed by atoms with Crippen LogP contribution in [0.15, 0.2) is 35.3 Å². The summed E-state index contributed by atoms with van der Waals surface area (Å²) in [5, 5.41) is 6.54. The van der Waals surface area contributed by atoms with E-state index >= 15 is 0 Å². The summed E-state index contributed by atoms with van der Waals surface area (Å²) in [6.45, 7) is 5.05. The summed E-state index contributed by atoms with van der Waals surface area (Å²) < 4.78 is 24.4. The zero-order valence-corrected chi connectivity index (χ0v) is 18.0. The highest BCUT2D eigenvalue weighted by Gasteiger charge is 2.12. The molecule has 0 radical (unpaired) electrons. The van der Waals surface area contributed by atoms with Gasteiger partial charge in [0.2, 0.25) is 0 Å². The predicted octanol–water partition coefficient (Wildman–Crippen LogP) is 2.42. The molecule has 0 spiro atoms. The number of hydrogen-bond acceptors (Lipinski definition) is 4. The van der Waals surface area contributed by atoms with E-state index in [9.17, 15) is 8.42 Å². The van der Waals surface area contributed by atoms with Crippen molar-refractivity contribution < 1.29 is 8.42 Å². The number of sulfone groups is 1. The van der Waals surface area contributed by atoms with Gasteiger partial charge in [-0.3, -0.25) is 4.99 Å². The van der Waals surface area contributed by atoms with E-state index in [1.165, 1.54) is 38.8 Å². The maximum absolute atomic E-state index is 12.2. The highest BCUT2D eigenvalue weighted by molar-refractivity contribution is 7.90. The van der Waals surface area contributed by atoms with Crippen molar-refractivity contribution in [1.82, 2.24) is 15.5 Å². The molecule has 1 saturated heterocycles. The van der Waals surface area contributed by atoms with Gasteiger partial charge >= 0.3 is 0 Å². The van der Waals surface area contributed by atoms with Gasteiger partial charge in [-0.15, -0.1) is 0 Å². The normalized spacial score (nSPS) is 16.5. The van der Waals surface area contributed by atoms with E-state index in [0.717, 1.165) is 31.0 Å². The van der Waals surface area contributed by atoms with Crippen LogP contribution >= 0.6 is 0 Å². The van der Waals surface area contributed by atoms with Crippen LogP contribution in [0, 0.1) is 0 Å². The van der Waals surface area contributed by atoms with Gasteiger partial charge in [0, 0.05) is 20.1 Å². The molecule has 158 valence electrons. The first-order valence-corrected chi connectivity index (χ1v) is 12.3. The summed E-state index contributed by atoms with van der Waals surface area (Å²) >= 11 is 0. The van der Waals surface area contributed by atoms with Crippen molar-refractivity contribution in [1.29, 1.82) is 0 Å². The molecule has 28 heavy (non-hydrogen) atoms. The molecule has 1 fully saturated rings. The molecule has 1 aliphatic heterocycles. The maximum Gasteiger partial charge on any atom is 0.190 e. The molecule has 1 aromatic rings. The summed E-state index contributed by atoms with van der Waals surface area (Å²) in [6, 6.07) is 9.34. The van der Waals surface area contributed by atoms with Crippen LogP contribution in [0.3, 0.4) is 0 Å². The second kappa shape index (κ2) is 12.8. The highest BCUT2D eigenvalue weighted by Crippen LogP contribution is 2.09. The molecule has 1 aliphatic rings.